The smallest absolute Gasteiger partial charge is 0.231 e. The van der Waals surface area contributed by atoms with Crippen LogP contribution < -0.4 is 10.6 Å². The highest BCUT2D eigenvalue weighted by atomic mass is 35.5. The van der Waals surface area contributed by atoms with Gasteiger partial charge in [0, 0.05) is 10.7 Å². The zero-order valence-electron chi connectivity index (χ0n) is 14.2. The number of benzene rings is 1. The highest BCUT2D eigenvalue weighted by molar-refractivity contribution is 8.01. The Labute approximate surface area is 164 Å². The maximum Gasteiger partial charge on any atom is 0.231 e. The van der Waals surface area contributed by atoms with E-state index in [0.717, 1.165) is 17.0 Å². The largest absolute Gasteiger partial charge is 0.467 e. The second kappa shape index (κ2) is 8.57. The van der Waals surface area contributed by atoms with Gasteiger partial charge >= 0.3 is 0 Å². The van der Waals surface area contributed by atoms with Crippen LogP contribution in [0, 0.1) is 6.92 Å². The molecule has 0 aliphatic rings. The number of hydrogen-bond acceptors (Lipinski definition) is 7. The number of nitrogens with one attached hydrogen (secondary N) is 2. The van der Waals surface area contributed by atoms with Gasteiger partial charge in [0.15, 0.2) is 4.34 Å². The van der Waals surface area contributed by atoms with E-state index < -0.39 is 0 Å². The van der Waals surface area contributed by atoms with Crippen molar-refractivity contribution in [3.63, 3.8) is 0 Å². The first-order valence-corrected chi connectivity index (χ1v) is 10.0. The summed E-state index contributed by atoms with van der Waals surface area (Å²) in [6, 6.07) is 9.16. The van der Waals surface area contributed by atoms with Crippen molar-refractivity contribution in [2.75, 3.05) is 11.1 Å². The maximum atomic E-state index is 12.0. The fourth-order valence-corrected chi connectivity index (χ4v) is 3.90. The Bertz CT molecular complexity index is 883. The van der Waals surface area contributed by atoms with Crippen molar-refractivity contribution in [2.45, 2.75) is 24.2 Å². The number of hydrogen-bond donors (Lipinski definition) is 2. The summed E-state index contributed by atoms with van der Waals surface area (Å²) in [5.41, 5.74) is 1.86. The van der Waals surface area contributed by atoms with Crippen LogP contribution in [0.25, 0.3) is 0 Å². The molecule has 3 aromatic rings. The molecule has 2 heterocycles. The van der Waals surface area contributed by atoms with Gasteiger partial charge in [-0.1, -0.05) is 40.8 Å². The first-order valence-electron chi connectivity index (χ1n) is 7.83. The molecule has 0 radical (unpaired) electrons. The Morgan fingerprint density at radius 1 is 1.38 bits per heavy atom. The van der Waals surface area contributed by atoms with Crippen LogP contribution in [0.15, 0.2) is 45.4 Å². The molecule has 0 bridgehead atoms. The lowest BCUT2D eigenvalue weighted by molar-refractivity contribution is -0.119. The number of thioether (sulfide) groups is 1. The fraction of sp³-hybridized carbons (Fsp3) is 0.235. The Kier molecular flexibility index (Phi) is 6.18. The first-order chi connectivity index (χ1) is 12.5. The third-order valence-corrected chi connectivity index (χ3v) is 5.88. The molecule has 26 heavy (non-hydrogen) atoms. The molecule has 0 aliphatic heterocycles. The van der Waals surface area contributed by atoms with Gasteiger partial charge in [-0.15, -0.1) is 10.2 Å². The minimum atomic E-state index is -0.170. The van der Waals surface area contributed by atoms with Crippen molar-refractivity contribution in [3.05, 3.63) is 52.9 Å². The summed E-state index contributed by atoms with van der Waals surface area (Å²) >= 11 is 8.85. The zero-order chi connectivity index (χ0) is 18.5. The quantitative estimate of drug-likeness (QED) is 0.546. The molecule has 136 valence electrons. The summed E-state index contributed by atoms with van der Waals surface area (Å²) in [5.74, 6) is 0.896. The Hall–Kier alpha value is -2.03. The Balaban J connectivity index is 1.50. The van der Waals surface area contributed by atoms with Gasteiger partial charge in [-0.3, -0.25) is 4.79 Å². The number of carbonyl (C=O) groups is 1. The highest BCUT2D eigenvalue weighted by Gasteiger charge is 2.13. The topological polar surface area (TPSA) is 80.0 Å². The van der Waals surface area contributed by atoms with Crippen LogP contribution in [0.1, 0.15) is 24.3 Å². The number of amides is 1. The lowest BCUT2D eigenvalue weighted by atomic mass is 10.2. The number of carbonyl (C=O) groups excluding carboxylic acids is 1. The zero-order valence-corrected chi connectivity index (χ0v) is 16.5. The lowest BCUT2D eigenvalue weighted by Gasteiger charge is -2.10. The van der Waals surface area contributed by atoms with E-state index in [4.69, 9.17) is 16.0 Å². The first kappa shape index (κ1) is 18.8. The normalized spacial score (nSPS) is 12.0. The van der Waals surface area contributed by atoms with E-state index in [-0.39, 0.29) is 17.7 Å². The molecule has 0 saturated carbocycles. The Morgan fingerprint density at radius 2 is 2.23 bits per heavy atom. The maximum absolute atomic E-state index is 12.0. The monoisotopic (exact) mass is 408 g/mol. The molecule has 0 fully saturated rings. The molecule has 1 unspecified atom stereocenters. The minimum Gasteiger partial charge on any atom is -0.467 e. The second-order valence-corrected chi connectivity index (χ2v) is 8.16. The molecule has 0 spiro atoms. The van der Waals surface area contributed by atoms with Gasteiger partial charge in [-0.25, -0.2) is 0 Å². The third kappa shape index (κ3) is 5.00. The van der Waals surface area contributed by atoms with E-state index >= 15 is 0 Å². The van der Waals surface area contributed by atoms with Gasteiger partial charge in [0.25, 0.3) is 0 Å². The van der Waals surface area contributed by atoms with Gasteiger partial charge in [0.2, 0.25) is 11.0 Å². The number of halogens is 1. The average Bonchev–Trinajstić information content (AvgIpc) is 3.28. The fourth-order valence-electron chi connectivity index (χ4n) is 2.13. The predicted octanol–water partition coefficient (Wildman–Crippen LogP) is 4.81. The van der Waals surface area contributed by atoms with Gasteiger partial charge in [0.05, 0.1) is 18.1 Å². The number of anilines is 2. The van der Waals surface area contributed by atoms with E-state index in [1.807, 2.05) is 38.1 Å². The molecule has 1 aromatic carbocycles. The van der Waals surface area contributed by atoms with Crippen LogP contribution in [0.4, 0.5) is 10.8 Å². The molecule has 2 aromatic heterocycles. The number of rotatable bonds is 7. The third-order valence-electron chi connectivity index (χ3n) is 3.50. The number of aryl methyl sites for hydroxylation is 1. The van der Waals surface area contributed by atoms with Crippen molar-refractivity contribution in [1.29, 1.82) is 0 Å². The average molecular weight is 409 g/mol. The van der Waals surface area contributed by atoms with Gasteiger partial charge < -0.3 is 15.1 Å². The number of aromatic nitrogens is 2. The molecule has 3 rings (SSSR count). The standard InChI is InChI=1S/C17H17ClN4O2S2/c1-10-5-6-12(8-13(10)18)20-16-21-22-17(26-16)25-9-15(23)19-11(2)14-4-3-7-24-14/h3-8,11H,9H2,1-2H3,(H,19,23)(H,20,21). The van der Waals surface area contributed by atoms with Gasteiger partial charge in [0.1, 0.15) is 5.76 Å². The van der Waals surface area contributed by atoms with E-state index in [1.54, 1.807) is 12.3 Å². The van der Waals surface area contributed by atoms with Gasteiger partial charge in [-0.05, 0) is 43.7 Å². The highest BCUT2D eigenvalue weighted by Crippen LogP contribution is 2.29. The summed E-state index contributed by atoms with van der Waals surface area (Å²) in [5, 5.41) is 15.6. The van der Waals surface area contributed by atoms with Crippen LogP contribution in [0.5, 0.6) is 0 Å². The van der Waals surface area contributed by atoms with Crippen molar-refractivity contribution >= 4 is 51.4 Å². The lowest BCUT2D eigenvalue weighted by Crippen LogP contribution is -2.27. The Morgan fingerprint density at radius 3 is 2.96 bits per heavy atom. The molecule has 0 aliphatic carbocycles. The predicted molar refractivity (Wildman–Crippen MR) is 105 cm³/mol. The van der Waals surface area contributed by atoms with E-state index in [2.05, 4.69) is 20.8 Å². The number of nitrogens with zero attached hydrogens (tertiary/aromatic N) is 2. The van der Waals surface area contributed by atoms with E-state index in [9.17, 15) is 4.79 Å². The van der Waals surface area contributed by atoms with Crippen molar-refractivity contribution in [1.82, 2.24) is 15.5 Å². The summed E-state index contributed by atoms with van der Waals surface area (Å²) < 4.78 is 5.99. The molecule has 0 saturated heterocycles. The molecule has 1 amide bonds. The van der Waals surface area contributed by atoms with Crippen molar-refractivity contribution in [2.24, 2.45) is 0 Å². The summed E-state index contributed by atoms with van der Waals surface area (Å²) in [6.07, 6.45) is 1.59. The van der Waals surface area contributed by atoms with Crippen LogP contribution in [-0.4, -0.2) is 21.9 Å². The van der Waals surface area contributed by atoms with Crippen LogP contribution >= 0.6 is 34.7 Å². The molecule has 6 nitrogen and oxygen atoms in total. The summed E-state index contributed by atoms with van der Waals surface area (Å²) in [7, 11) is 0. The van der Waals surface area contributed by atoms with Crippen LogP contribution in [0.2, 0.25) is 5.02 Å². The minimum absolute atomic E-state index is 0.0890. The van der Waals surface area contributed by atoms with Crippen LogP contribution in [-0.2, 0) is 4.79 Å². The summed E-state index contributed by atoms with van der Waals surface area (Å²) in [4.78, 5) is 12.0. The van der Waals surface area contributed by atoms with Crippen molar-refractivity contribution in [3.8, 4) is 0 Å². The second-order valence-electron chi connectivity index (χ2n) is 5.56. The molecule has 9 heteroatoms. The van der Waals surface area contributed by atoms with E-state index in [0.29, 0.717) is 14.5 Å². The SMILES string of the molecule is Cc1ccc(Nc2nnc(SCC(=O)NC(C)c3ccco3)s2)cc1Cl. The van der Waals surface area contributed by atoms with Gasteiger partial charge in [-0.2, -0.15) is 0 Å². The van der Waals surface area contributed by atoms with Crippen LogP contribution in [0.3, 0.4) is 0 Å². The molecule has 2 N–H and O–H groups in total. The molecule has 1 atom stereocenters. The molecular weight excluding hydrogens is 392 g/mol. The summed E-state index contributed by atoms with van der Waals surface area (Å²) in [6.45, 7) is 3.82. The number of furan rings is 1. The van der Waals surface area contributed by atoms with E-state index in [1.165, 1.54) is 23.1 Å². The molecular formula is C17H17ClN4O2S2. The van der Waals surface area contributed by atoms with Crippen molar-refractivity contribution < 1.29 is 9.21 Å².